The summed E-state index contributed by atoms with van der Waals surface area (Å²) in [7, 11) is 0. The van der Waals surface area contributed by atoms with Crippen molar-refractivity contribution in [3.05, 3.63) is 45.9 Å². The second-order valence-electron chi connectivity index (χ2n) is 3.33. The Balaban J connectivity index is 2.04. The molecule has 1 aromatic heterocycles. The van der Waals surface area contributed by atoms with Gasteiger partial charge in [-0.15, -0.1) is 11.3 Å². The SMILES string of the molecule is O=C(O)c1cccc(CNc2nc(Cl)cs2)c1. The van der Waals surface area contributed by atoms with Crippen molar-refractivity contribution in [1.82, 2.24) is 4.98 Å². The fourth-order valence-corrected chi connectivity index (χ4v) is 2.16. The molecule has 17 heavy (non-hydrogen) atoms. The number of benzene rings is 1. The van der Waals surface area contributed by atoms with Crippen LogP contribution in [-0.2, 0) is 6.54 Å². The first-order chi connectivity index (χ1) is 8.15. The smallest absolute Gasteiger partial charge is 0.335 e. The number of aromatic nitrogens is 1. The summed E-state index contributed by atoms with van der Waals surface area (Å²) in [5.74, 6) is -0.927. The van der Waals surface area contributed by atoms with Gasteiger partial charge in [0, 0.05) is 11.9 Å². The quantitative estimate of drug-likeness (QED) is 0.894. The third-order valence-electron chi connectivity index (χ3n) is 2.09. The first-order valence-corrected chi connectivity index (χ1v) is 6.08. The molecule has 0 unspecified atom stereocenters. The standard InChI is InChI=1S/C11H9ClN2O2S/c12-9-6-17-11(14-9)13-5-7-2-1-3-8(4-7)10(15)16/h1-4,6H,5H2,(H,13,14)(H,15,16). The maximum absolute atomic E-state index is 10.8. The second kappa shape index (κ2) is 5.16. The second-order valence-corrected chi connectivity index (χ2v) is 4.58. The fourth-order valence-electron chi connectivity index (χ4n) is 1.33. The summed E-state index contributed by atoms with van der Waals surface area (Å²) in [6.07, 6.45) is 0. The number of hydrogen-bond acceptors (Lipinski definition) is 4. The average molecular weight is 269 g/mol. The molecule has 0 atom stereocenters. The van der Waals surface area contributed by atoms with Gasteiger partial charge in [-0.2, -0.15) is 0 Å². The lowest BCUT2D eigenvalue weighted by atomic mass is 10.1. The lowest BCUT2D eigenvalue weighted by molar-refractivity contribution is 0.0697. The average Bonchev–Trinajstić information content (AvgIpc) is 2.73. The number of carboxylic acids is 1. The molecule has 1 aromatic carbocycles. The van der Waals surface area contributed by atoms with Gasteiger partial charge in [-0.3, -0.25) is 0 Å². The molecule has 0 saturated heterocycles. The van der Waals surface area contributed by atoms with Crippen LogP contribution in [0.25, 0.3) is 0 Å². The van der Waals surface area contributed by atoms with E-state index < -0.39 is 5.97 Å². The number of nitrogens with one attached hydrogen (secondary N) is 1. The molecule has 2 aromatic rings. The molecule has 2 rings (SSSR count). The van der Waals surface area contributed by atoms with Crippen LogP contribution in [0.3, 0.4) is 0 Å². The Hall–Kier alpha value is -1.59. The summed E-state index contributed by atoms with van der Waals surface area (Å²) in [6.45, 7) is 0.519. The van der Waals surface area contributed by atoms with Gasteiger partial charge in [-0.05, 0) is 17.7 Å². The van der Waals surface area contributed by atoms with Crippen molar-refractivity contribution in [2.75, 3.05) is 5.32 Å². The van der Waals surface area contributed by atoms with Crippen LogP contribution in [0.1, 0.15) is 15.9 Å². The normalized spacial score (nSPS) is 10.2. The zero-order valence-corrected chi connectivity index (χ0v) is 10.3. The topological polar surface area (TPSA) is 62.2 Å². The lowest BCUT2D eigenvalue weighted by Gasteiger charge is -2.03. The minimum absolute atomic E-state index is 0.279. The predicted octanol–water partition coefficient (Wildman–Crippen LogP) is 3.11. The van der Waals surface area contributed by atoms with Gasteiger partial charge in [0.1, 0.15) is 5.15 Å². The fraction of sp³-hybridized carbons (Fsp3) is 0.0909. The Morgan fingerprint density at radius 3 is 3.00 bits per heavy atom. The number of thiazole rings is 1. The Morgan fingerprint density at radius 1 is 1.53 bits per heavy atom. The van der Waals surface area contributed by atoms with E-state index in [9.17, 15) is 4.79 Å². The molecule has 0 aliphatic heterocycles. The van der Waals surface area contributed by atoms with Crippen molar-refractivity contribution < 1.29 is 9.90 Å². The molecule has 2 N–H and O–H groups in total. The van der Waals surface area contributed by atoms with Gasteiger partial charge >= 0.3 is 5.97 Å². The van der Waals surface area contributed by atoms with E-state index in [1.807, 2.05) is 6.07 Å². The Labute approximate surface area is 107 Å². The van der Waals surface area contributed by atoms with E-state index in [0.717, 1.165) is 10.7 Å². The van der Waals surface area contributed by atoms with Crippen LogP contribution < -0.4 is 5.32 Å². The third kappa shape index (κ3) is 3.18. The van der Waals surface area contributed by atoms with Gasteiger partial charge in [-0.25, -0.2) is 9.78 Å². The van der Waals surface area contributed by atoms with Crippen LogP contribution in [0.5, 0.6) is 0 Å². The summed E-state index contributed by atoms with van der Waals surface area (Å²) in [4.78, 5) is 14.8. The highest BCUT2D eigenvalue weighted by Crippen LogP contribution is 2.19. The number of halogens is 1. The lowest BCUT2D eigenvalue weighted by Crippen LogP contribution is -2.02. The van der Waals surface area contributed by atoms with E-state index in [4.69, 9.17) is 16.7 Å². The number of carbonyl (C=O) groups is 1. The van der Waals surface area contributed by atoms with Crippen molar-refractivity contribution in [3.63, 3.8) is 0 Å². The van der Waals surface area contributed by atoms with Crippen LogP contribution in [0.2, 0.25) is 5.15 Å². The maximum atomic E-state index is 10.8. The summed E-state index contributed by atoms with van der Waals surface area (Å²) >= 11 is 7.10. The molecule has 0 fully saturated rings. The molecular formula is C11H9ClN2O2S. The highest BCUT2D eigenvalue weighted by molar-refractivity contribution is 7.14. The van der Waals surface area contributed by atoms with Crippen molar-refractivity contribution in [2.24, 2.45) is 0 Å². The number of nitrogens with zero attached hydrogens (tertiary/aromatic N) is 1. The molecule has 0 amide bonds. The first kappa shape index (κ1) is 11.9. The molecule has 1 heterocycles. The molecule has 0 aliphatic carbocycles. The summed E-state index contributed by atoms with van der Waals surface area (Å²) in [5.41, 5.74) is 1.16. The summed E-state index contributed by atoms with van der Waals surface area (Å²) in [5, 5.41) is 14.8. The highest BCUT2D eigenvalue weighted by Gasteiger charge is 2.04. The predicted molar refractivity (Wildman–Crippen MR) is 67.9 cm³/mol. The van der Waals surface area contributed by atoms with Crippen molar-refractivity contribution >= 4 is 34.0 Å². The maximum Gasteiger partial charge on any atom is 0.335 e. The minimum atomic E-state index is -0.927. The summed E-state index contributed by atoms with van der Waals surface area (Å²) < 4.78 is 0. The number of anilines is 1. The third-order valence-corrected chi connectivity index (χ3v) is 3.22. The van der Waals surface area contributed by atoms with E-state index >= 15 is 0 Å². The van der Waals surface area contributed by atoms with Gasteiger partial charge in [0.05, 0.1) is 5.56 Å². The van der Waals surface area contributed by atoms with Gasteiger partial charge in [0.2, 0.25) is 0 Å². The first-order valence-electron chi connectivity index (χ1n) is 4.82. The molecule has 0 radical (unpaired) electrons. The zero-order valence-electron chi connectivity index (χ0n) is 8.68. The molecule has 0 aliphatic rings. The molecule has 4 nitrogen and oxygen atoms in total. The zero-order chi connectivity index (χ0) is 12.3. The van der Waals surface area contributed by atoms with Crippen LogP contribution in [0.15, 0.2) is 29.6 Å². The van der Waals surface area contributed by atoms with Gasteiger partial charge in [-0.1, -0.05) is 23.7 Å². The van der Waals surface area contributed by atoms with E-state index in [1.165, 1.54) is 11.3 Å². The van der Waals surface area contributed by atoms with E-state index in [-0.39, 0.29) is 5.56 Å². The number of rotatable bonds is 4. The highest BCUT2D eigenvalue weighted by atomic mass is 35.5. The Morgan fingerprint density at radius 2 is 2.35 bits per heavy atom. The molecule has 88 valence electrons. The Kier molecular flexibility index (Phi) is 3.61. The van der Waals surface area contributed by atoms with Gasteiger partial charge < -0.3 is 10.4 Å². The van der Waals surface area contributed by atoms with Crippen LogP contribution in [0.4, 0.5) is 5.13 Å². The van der Waals surface area contributed by atoms with E-state index in [1.54, 1.807) is 23.6 Å². The van der Waals surface area contributed by atoms with Crippen LogP contribution in [-0.4, -0.2) is 16.1 Å². The number of carboxylic acid groups (broad SMARTS) is 1. The van der Waals surface area contributed by atoms with Crippen LogP contribution >= 0.6 is 22.9 Å². The van der Waals surface area contributed by atoms with Crippen molar-refractivity contribution in [1.29, 1.82) is 0 Å². The molecule has 0 spiro atoms. The van der Waals surface area contributed by atoms with E-state index in [2.05, 4.69) is 10.3 Å². The van der Waals surface area contributed by atoms with Crippen molar-refractivity contribution in [2.45, 2.75) is 6.54 Å². The Bertz CT molecular complexity index is 542. The van der Waals surface area contributed by atoms with Crippen LogP contribution in [0, 0.1) is 0 Å². The molecule has 6 heteroatoms. The number of hydrogen-bond donors (Lipinski definition) is 2. The molecule has 0 saturated carbocycles. The summed E-state index contributed by atoms with van der Waals surface area (Å²) in [6, 6.07) is 6.76. The van der Waals surface area contributed by atoms with E-state index in [0.29, 0.717) is 11.7 Å². The van der Waals surface area contributed by atoms with Gasteiger partial charge in [0.25, 0.3) is 0 Å². The van der Waals surface area contributed by atoms with Gasteiger partial charge in [0.15, 0.2) is 5.13 Å². The van der Waals surface area contributed by atoms with Crippen molar-refractivity contribution in [3.8, 4) is 0 Å². The molecule has 0 bridgehead atoms. The number of aromatic carboxylic acids is 1. The molecular weight excluding hydrogens is 260 g/mol. The largest absolute Gasteiger partial charge is 0.478 e. The minimum Gasteiger partial charge on any atom is -0.478 e. The monoisotopic (exact) mass is 268 g/mol.